The average Bonchev–Trinajstić information content (AvgIpc) is 3.38. The molecular formula is C23H36N2O6. The number of carbonyl (C=O) groups is 3. The van der Waals surface area contributed by atoms with Crippen molar-refractivity contribution < 1.29 is 29.0 Å². The van der Waals surface area contributed by atoms with Crippen molar-refractivity contribution in [3.05, 3.63) is 12.7 Å². The van der Waals surface area contributed by atoms with Gasteiger partial charge >= 0.3 is 5.97 Å². The molecule has 1 spiro atoms. The van der Waals surface area contributed by atoms with E-state index < -0.39 is 41.6 Å². The zero-order valence-corrected chi connectivity index (χ0v) is 19.1. The molecule has 0 radical (unpaired) electrons. The molecule has 3 saturated heterocycles. The van der Waals surface area contributed by atoms with E-state index in [0.717, 1.165) is 12.8 Å². The van der Waals surface area contributed by atoms with E-state index in [9.17, 15) is 19.5 Å². The van der Waals surface area contributed by atoms with Crippen LogP contribution < -0.4 is 0 Å². The standard InChI is InChI=1S/C23H36N2O6/c1-6-9-14(4)24(12-7-2)21(28)19-23-11-10-16(31-23)17(22(29)30-8-3)18(23)20(27)25(19)15(5)13-26/h7,14-19,26H,2,6,8-13H2,1,3-5H3/t14?,15-,16+,17-,18+,19?,23?/m1/s1. The monoisotopic (exact) mass is 436 g/mol. The van der Waals surface area contributed by atoms with Crippen LogP contribution in [0.2, 0.25) is 0 Å². The molecule has 0 aromatic rings. The maximum absolute atomic E-state index is 14.0. The van der Waals surface area contributed by atoms with Crippen LogP contribution >= 0.6 is 0 Å². The van der Waals surface area contributed by atoms with Crippen molar-refractivity contribution in [2.45, 2.75) is 83.2 Å². The average molecular weight is 437 g/mol. The minimum atomic E-state index is -1.06. The summed E-state index contributed by atoms with van der Waals surface area (Å²) in [5, 5.41) is 9.87. The highest BCUT2D eigenvalue weighted by Crippen LogP contribution is 2.59. The first kappa shape index (κ1) is 23.7. The number of rotatable bonds is 10. The lowest BCUT2D eigenvalue weighted by molar-refractivity contribution is -0.156. The third-order valence-electron chi connectivity index (χ3n) is 7.12. The van der Waals surface area contributed by atoms with Gasteiger partial charge in [0.15, 0.2) is 0 Å². The molecular weight excluding hydrogens is 400 g/mol. The fourth-order valence-electron chi connectivity index (χ4n) is 5.80. The second kappa shape index (κ2) is 9.28. The van der Waals surface area contributed by atoms with Gasteiger partial charge in [0.1, 0.15) is 11.6 Å². The molecule has 0 saturated carbocycles. The summed E-state index contributed by atoms with van der Waals surface area (Å²) >= 11 is 0. The summed E-state index contributed by atoms with van der Waals surface area (Å²) in [4.78, 5) is 43.5. The second-order valence-corrected chi connectivity index (χ2v) is 9.00. The van der Waals surface area contributed by atoms with Gasteiger partial charge in [-0.2, -0.15) is 0 Å². The van der Waals surface area contributed by atoms with Crippen LogP contribution in [0.4, 0.5) is 0 Å². The Kier molecular flexibility index (Phi) is 7.11. The first-order valence-corrected chi connectivity index (χ1v) is 11.5. The third-order valence-corrected chi connectivity index (χ3v) is 7.12. The number of aliphatic hydroxyl groups excluding tert-OH is 1. The van der Waals surface area contributed by atoms with Gasteiger partial charge in [-0.3, -0.25) is 14.4 Å². The molecule has 0 aliphatic carbocycles. The smallest absolute Gasteiger partial charge is 0.312 e. The maximum Gasteiger partial charge on any atom is 0.312 e. The van der Waals surface area contributed by atoms with Gasteiger partial charge in [0.2, 0.25) is 11.8 Å². The fraction of sp³-hybridized carbons (Fsp3) is 0.783. The summed E-state index contributed by atoms with van der Waals surface area (Å²) in [6.07, 6.45) is 4.13. The van der Waals surface area contributed by atoms with Gasteiger partial charge in [-0.05, 0) is 40.0 Å². The molecule has 1 N–H and O–H groups in total. The van der Waals surface area contributed by atoms with Crippen molar-refractivity contribution in [3.8, 4) is 0 Å². The molecule has 0 aromatic carbocycles. The molecule has 0 aromatic heterocycles. The maximum atomic E-state index is 14.0. The number of aliphatic hydroxyl groups is 1. The summed E-state index contributed by atoms with van der Waals surface area (Å²) in [7, 11) is 0. The zero-order valence-electron chi connectivity index (χ0n) is 19.1. The van der Waals surface area contributed by atoms with Gasteiger partial charge in [-0.25, -0.2) is 0 Å². The van der Waals surface area contributed by atoms with Gasteiger partial charge in [-0.15, -0.1) is 6.58 Å². The van der Waals surface area contributed by atoms with Crippen LogP contribution in [0.5, 0.6) is 0 Å². The number of fused-ring (bicyclic) bond motifs is 1. The lowest BCUT2D eigenvalue weighted by Gasteiger charge is -2.40. The predicted molar refractivity (Wildman–Crippen MR) is 114 cm³/mol. The van der Waals surface area contributed by atoms with Crippen molar-refractivity contribution in [2.24, 2.45) is 11.8 Å². The van der Waals surface area contributed by atoms with E-state index in [0.29, 0.717) is 19.4 Å². The Hall–Kier alpha value is -1.93. The number of ether oxygens (including phenoxy) is 2. The van der Waals surface area contributed by atoms with Gasteiger partial charge in [0.05, 0.1) is 37.2 Å². The molecule has 174 valence electrons. The van der Waals surface area contributed by atoms with Crippen molar-refractivity contribution in [1.29, 1.82) is 0 Å². The van der Waals surface area contributed by atoms with E-state index in [1.807, 2.05) is 6.92 Å². The zero-order chi connectivity index (χ0) is 22.9. The Morgan fingerprint density at radius 3 is 2.71 bits per heavy atom. The van der Waals surface area contributed by atoms with Crippen LogP contribution in [-0.4, -0.2) is 82.3 Å². The SMILES string of the molecule is C=CCN(C(=O)C1N([C@H](C)CO)C(=O)[C@@H]2[C@H](C(=O)OCC)[C@@H]3CCC12O3)C(C)CCC. The van der Waals surface area contributed by atoms with Gasteiger partial charge in [-0.1, -0.05) is 19.4 Å². The lowest BCUT2D eigenvalue weighted by atomic mass is 9.70. The number of hydrogen-bond donors (Lipinski definition) is 1. The lowest BCUT2D eigenvalue weighted by Crippen LogP contribution is -2.59. The number of carbonyl (C=O) groups excluding carboxylic acids is 3. The van der Waals surface area contributed by atoms with E-state index >= 15 is 0 Å². The van der Waals surface area contributed by atoms with Crippen LogP contribution in [0.3, 0.4) is 0 Å². The molecule has 3 unspecified atom stereocenters. The van der Waals surface area contributed by atoms with Gasteiger partial charge in [0, 0.05) is 12.6 Å². The first-order chi connectivity index (χ1) is 14.8. The Morgan fingerprint density at radius 2 is 2.13 bits per heavy atom. The van der Waals surface area contributed by atoms with Crippen LogP contribution in [0.15, 0.2) is 12.7 Å². The minimum Gasteiger partial charge on any atom is -0.466 e. The number of nitrogens with zero attached hydrogens (tertiary/aromatic N) is 2. The molecule has 8 nitrogen and oxygen atoms in total. The van der Waals surface area contributed by atoms with E-state index in [1.165, 1.54) is 4.90 Å². The van der Waals surface area contributed by atoms with Crippen LogP contribution in [0.1, 0.15) is 53.4 Å². The third kappa shape index (κ3) is 3.67. The Bertz CT molecular complexity index is 727. The van der Waals surface area contributed by atoms with Crippen molar-refractivity contribution in [3.63, 3.8) is 0 Å². The molecule has 3 aliphatic rings. The Morgan fingerprint density at radius 1 is 1.42 bits per heavy atom. The van der Waals surface area contributed by atoms with Gasteiger partial charge in [0.25, 0.3) is 0 Å². The van der Waals surface area contributed by atoms with Crippen LogP contribution in [0, 0.1) is 11.8 Å². The van der Waals surface area contributed by atoms with E-state index in [1.54, 1.807) is 24.8 Å². The summed E-state index contributed by atoms with van der Waals surface area (Å²) in [5.74, 6) is -2.43. The number of hydrogen-bond acceptors (Lipinski definition) is 6. The quantitative estimate of drug-likeness (QED) is 0.412. The Labute approximate surface area is 184 Å². The van der Waals surface area contributed by atoms with Crippen LogP contribution in [0.25, 0.3) is 0 Å². The second-order valence-electron chi connectivity index (χ2n) is 9.00. The molecule has 3 aliphatic heterocycles. The van der Waals surface area contributed by atoms with Crippen molar-refractivity contribution in [2.75, 3.05) is 19.8 Å². The Balaban J connectivity index is 2.05. The normalized spacial score (nSPS) is 33.2. The molecule has 2 amide bonds. The van der Waals surface area contributed by atoms with Crippen molar-refractivity contribution in [1.82, 2.24) is 9.80 Å². The molecule has 8 heteroatoms. The molecule has 3 heterocycles. The highest BCUT2D eigenvalue weighted by atomic mass is 16.6. The fourth-order valence-corrected chi connectivity index (χ4v) is 5.80. The molecule has 31 heavy (non-hydrogen) atoms. The summed E-state index contributed by atoms with van der Waals surface area (Å²) in [5.41, 5.74) is -1.06. The summed E-state index contributed by atoms with van der Waals surface area (Å²) < 4.78 is 11.6. The number of likely N-dealkylation sites (tertiary alicyclic amines) is 1. The van der Waals surface area contributed by atoms with E-state index in [4.69, 9.17) is 9.47 Å². The van der Waals surface area contributed by atoms with E-state index in [2.05, 4.69) is 13.5 Å². The van der Waals surface area contributed by atoms with Crippen LogP contribution in [-0.2, 0) is 23.9 Å². The predicted octanol–water partition coefficient (Wildman–Crippen LogP) is 1.51. The number of amides is 2. The van der Waals surface area contributed by atoms with Gasteiger partial charge < -0.3 is 24.4 Å². The summed E-state index contributed by atoms with van der Waals surface area (Å²) in [6.45, 7) is 11.6. The molecule has 2 bridgehead atoms. The molecule has 3 fully saturated rings. The first-order valence-electron chi connectivity index (χ1n) is 11.5. The minimum absolute atomic E-state index is 0.0354. The molecule has 7 atom stereocenters. The van der Waals surface area contributed by atoms with E-state index in [-0.39, 0.29) is 31.1 Å². The highest BCUT2D eigenvalue weighted by Gasteiger charge is 2.75. The number of esters is 1. The van der Waals surface area contributed by atoms with Crippen molar-refractivity contribution >= 4 is 17.8 Å². The summed E-state index contributed by atoms with van der Waals surface area (Å²) in [6, 6.07) is -1.48. The topological polar surface area (TPSA) is 96.4 Å². The molecule has 3 rings (SSSR count). The largest absolute Gasteiger partial charge is 0.466 e. The highest BCUT2D eigenvalue weighted by molar-refractivity contribution is 5.98.